The Labute approximate surface area is 122 Å². The highest BCUT2D eigenvalue weighted by Crippen LogP contribution is 2.27. The third kappa shape index (κ3) is 4.91. The van der Waals surface area contributed by atoms with Gasteiger partial charge in [0.15, 0.2) is 0 Å². The summed E-state index contributed by atoms with van der Waals surface area (Å²) in [5, 5.41) is 18.0. The minimum Gasteiger partial charge on any atom is -0.391 e. The van der Waals surface area contributed by atoms with Gasteiger partial charge in [-0.1, -0.05) is 19.3 Å². The molecular formula is C16H29N3O. The normalized spacial score (nSPS) is 19.2. The number of hydrogen-bond donors (Lipinski definition) is 2. The molecule has 0 aromatic carbocycles. The first-order chi connectivity index (χ1) is 9.44. The lowest BCUT2D eigenvalue weighted by atomic mass is 9.96. The zero-order valence-electron chi connectivity index (χ0n) is 13.1. The van der Waals surface area contributed by atoms with Gasteiger partial charge in [0.25, 0.3) is 0 Å². The number of nitrogens with zero attached hydrogens (tertiary/aromatic N) is 2. The number of rotatable bonds is 5. The Hall–Kier alpha value is -0.870. The molecule has 1 saturated carbocycles. The van der Waals surface area contributed by atoms with E-state index < -0.39 is 0 Å². The Balaban J connectivity index is 1.82. The maximum atomic E-state index is 10.1. The van der Waals surface area contributed by atoms with Crippen LogP contribution in [0.5, 0.6) is 0 Å². The van der Waals surface area contributed by atoms with Gasteiger partial charge in [-0.2, -0.15) is 5.10 Å². The second kappa shape index (κ2) is 6.72. The first-order valence-corrected chi connectivity index (χ1v) is 7.91. The lowest BCUT2D eigenvalue weighted by Crippen LogP contribution is -2.41. The zero-order valence-corrected chi connectivity index (χ0v) is 13.1. The highest BCUT2D eigenvalue weighted by atomic mass is 16.3. The number of aliphatic hydroxyl groups excluding tert-OH is 1. The van der Waals surface area contributed by atoms with Crippen LogP contribution in [0.3, 0.4) is 0 Å². The van der Waals surface area contributed by atoms with Gasteiger partial charge >= 0.3 is 0 Å². The van der Waals surface area contributed by atoms with E-state index in [9.17, 15) is 5.11 Å². The van der Waals surface area contributed by atoms with Gasteiger partial charge < -0.3 is 10.4 Å². The summed E-state index contributed by atoms with van der Waals surface area (Å²) in [5.41, 5.74) is 1.04. The van der Waals surface area contributed by atoms with Crippen LogP contribution in [-0.2, 0) is 6.42 Å². The van der Waals surface area contributed by atoms with Gasteiger partial charge in [0.05, 0.1) is 17.8 Å². The van der Waals surface area contributed by atoms with E-state index in [-0.39, 0.29) is 11.6 Å². The Morgan fingerprint density at radius 2 is 2.05 bits per heavy atom. The van der Waals surface area contributed by atoms with Crippen molar-refractivity contribution in [3.05, 3.63) is 18.0 Å². The summed E-state index contributed by atoms with van der Waals surface area (Å²) in [6.07, 6.45) is 8.82. The fraction of sp³-hybridized carbons (Fsp3) is 0.812. The molecule has 114 valence electrons. The highest BCUT2D eigenvalue weighted by molar-refractivity contribution is 5.02. The number of hydrogen-bond acceptors (Lipinski definition) is 3. The smallest absolute Gasteiger partial charge is 0.0720 e. The van der Waals surface area contributed by atoms with E-state index in [2.05, 4.69) is 48.1 Å². The summed E-state index contributed by atoms with van der Waals surface area (Å²) < 4.78 is 2.11. The SMILES string of the molecule is CC(C)(C)NCC(O)Cc1ccn(C2CCCCC2)n1. The minimum atomic E-state index is -0.371. The molecule has 0 radical (unpaired) electrons. The van der Waals surface area contributed by atoms with Gasteiger partial charge in [-0.05, 0) is 39.7 Å². The van der Waals surface area contributed by atoms with Gasteiger partial charge in [-0.3, -0.25) is 4.68 Å². The minimum absolute atomic E-state index is 0.0441. The van der Waals surface area contributed by atoms with E-state index in [1.807, 2.05) is 0 Å². The molecule has 1 fully saturated rings. The van der Waals surface area contributed by atoms with Crippen molar-refractivity contribution in [1.29, 1.82) is 0 Å². The third-order valence-corrected chi connectivity index (χ3v) is 3.93. The molecule has 0 amide bonds. The lowest BCUT2D eigenvalue weighted by Gasteiger charge is -2.23. The third-order valence-electron chi connectivity index (χ3n) is 3.93. The van der Waals surface area contributed by atoms with Crippen LogP contribution in [0.2, 0.25) is 0 Å². The van der Waals surface area contributed by atoms with E-state index in [1.165, 1.54) is 32.1 Å². The van der Waals surface area contributed by atoms with Crippen molar-refractivity contribution in [1.82, 2.24) is 15.1 Å². The molecule has 1 aromatic heterocycles. The first-order valence-electron chi connectivity index (χ1n) is 7.91. The number of nitrogens with one attached hydrogen (secondary N) is 1. The Bertz CT molecular complexity index is 402. The molecule has 4 nitrogen and oxygen atoms in total. The molecule has 0 aliphatic heterocycles. The molecule has 2 rings (SSSR count). The number of aliphatic hydroxyl groups is 1. The number of aromatic nitrogens is 2. The Morgan fingerprint density at radius 1 is 1.35 bits per heavy atom. The molecule has 0 saturated heterocycles. The van der Waals surface area contributed by atoms with Crippen LogP contribution < -0.4 is 5.32 Å². The maximum Gasteiger partial charge on any atom is 0.0720 e. The largest absolute Gasteiger partial charge is 0.391 e. The average molecular weight is 279 g/mol. The van der Waals surface area contributed by atoms with Crippen molar-refractivity contribution in [2.75, 3.05) is 6.54 Å². The van der Waals surface area contributed by atoms with Crippen molar-refractivity contribution in [2.45, 2.75) is 77.0 Å². The van der Waals surface area contributed by atoms with Crippen LogP contribution in [0.4, 0.5) is 0 Å². The van der Waals surface area contributed by atoms with Crippen LogP contribution in [0.25, 0.3) is 0 Å². The zero-order chi connectivity index (χ0) is 14.6. The van der Waals surface area contributed by atoms with Gasteiger partial charge in [0, 0.05) is 24.7 Å². The number of β-amino-alcohol motifs (C(OH)–C–C–N with tert-alkyl or cyclic N) is 1. The van der Waals surface area contributed by atoms with Gasteiger partial charge in [0.2, 0.25) is 0 Å². The predicted octanol–water partition coefficient (Wildman–Crippen LogP) is 2.68. The topological polar surface area (TPSA) is 50.1 Å². The maximum absolute atomic E-state index is 10.1. The van der Waals surface area contributed by atoms with E-state index in [1.54, 1.807) is 0 Å². The molecule has 1 aromatic rings. The van der Waals surface area contributed by atoms with Crippen LogP contribution in [0.15, 0.2) is 12.3 Å². The van der Waals surface area contributed by atoms with Crippen molar-refractivity contribution in [3.8, 4) is 0 Å². The molecule has 0 spiro atoms. The summed E-state index contributed by atoms with van der Waals surface area (Å²) in [5.74, 6) is 0. The summed E-state index contributed by atoms with van der Waals surface area (Å²) in [7, 11) is 0. The van der Waals surface area contributed by atoms with Crippen molar-refractivity contribution < 1.29 is 5.11 Å². The Kier molecular flexibility index (Phi) is 5.22. The van der Waals surface area contributed by atoms with E-state index in [0.29, 0.717) is 19.0 Å². The molecule has 2 N–H and O–H groups in total. The van der Waals surface area contributed by atoms with Crippen LogP contribution in [0, 0.1) is 0 Å². The van der Waals surface area contributed by atoms with E-state index in [0.717, 1.165) is 5.69 Å². The predicted molar refractivity (Wildman–Crippen MR) is 81.8 cm³/mol. The fourth-order valence-electron chi connectivity index (χ4n) is 2.77. The summed E-state index contributed by atoms with van der Waals surface area (Å²) in [6, 6.07) is 2.62. The van der Waals surface area contributed by atoms with Crippen molar-refractivity contribution >= 4 is 0 Å². The van der Waals surface area contributed by atoms with Crippen LogP contribution in [-0.4, -0.2) is 33.1 Å². The van der Waals surface area contributed by atoms with E-state index >= 15 is 0 Å². The molecule has 1 heterocycles. The fourth-order valence-corrected chi connectivity index (χ4v) is 2.77. The standard InChI is InChI=1S/C16H29N3O/c1-16(2,3)17-12-15(20)11-13-9-10-19(18-13)14-7-5-4-6-8-14/h9-10,14-15,17,20H,4-8,11-12H2,1-3H3. The molecule has 20 heavy (non-hydrogen) atoms. The highest BCUT2D eigenvalue weighted by Gasteiger charge is 2.17. The second-order valence-electron chi connectivity index (χ2n) is 7.07. The van der Waals surface area contributed by atoms with Gasteiger partial charge in [-0.15, -0.1) is 0 Å². The molecule has 1 atom stereocenters. The van der Waals surface area contributed by atoms with Crippen molar-refractivity contribution in [3.63, 3.8) is 0 Å². The monoisotopic (exact) mass is 279 g/mol. The molecular weight excluding hydrogens is 250 g/mol. The summed E-state index contributed by atoms with van der Waals surface area (Å²) >= 11 is 0. The quantitative estimate of drug-likeness (QED) is 0.871. The van der Waals surface area contributed by atoms with E-state index in [4.69, 9.17) is 0 Å². The van der Waals surface area contributed by atoms with Gasteiger partial charge in [0.1, 0.15) is 0 Å². The first kappa shape index (κ1) is 15.5. The van der Waals surface area contributed by atoms with Crippen molar-refractivity contribution in [2.24, 2.45) is 0 Å². The average Bonchev–Trinajstić information content (AvgIpc) is 2.85. The van der Waals surface area contributed by atoms with Gasteiger partial charge in [-0.25, -0.2) is 0 Å². The summed E-state index contributed by atoms with van der Waals surface area (Å²) in [6.45, 7) is 6.94. The summed E-state index contributed by atoms with van der Waals surface area (Å²) in [4.78, 5) is 0. The molecule has 0 bridgehead atoms. The Morgan fingerprint density at radius 3 is 2.70 bits per heavy atom. The lowest BCUT2D eigenvalue weighted by molar-refractivity contribution is 0.159. The second-order valence-corrected chi connectivity index (χ2v) is 7.07. The molecule has 1 aliphatic carbocycles. The molecule has 1 aliphatic rings. The molecule has 4 heteroatoms. The van der Waals surface area contributed by atoms with Crippen LogP contribution in [0.1, 0.15) is 64.6 Å². The molecule has 1 unspecified atom stereocenters. The van der Waals surface area contributed by atoms with Crippen LogP contribution >= 0.6 is 0 Å².